The minimum atomic E-state index is -0.940. The van der Waals surface area contributed by atoms with Crippen LogP contribution in [0.3, 0.4) is 0 Å². The molecular formula is C23H31NO6. The normalized spacial score (nSPS) is 36.2. The lowest BCUT2D eigenvalue weighted by Gasteiger charge is -2.63. The van der Waals surface area contributed by atoms with E-state index in [1.165, 1.54) is 5.56 Å². The van der Waals surface area contributed by atoms with Crippen LogP contribution < -0.4 is 9.47 Å². The SMILES string of the molecule is C=CCN1CC[C@]23c4c5ccc(OCOCCOC)c4O[C@H]2C(O)CC[C@@]3(O)[C@H]1C5. The van der Waals surface area contributed by atoms with Crippen LogP contribution in [-0.4, -0.2) is 79.2 Å². The standard InChI is InChI=1S/C23H31NO6/c1-3-9-24-10-8-22-19-15-4-5-17(29-14-28-12-11-27-2)20(19)30-21(22)16(25)6-7-23(22,26)18(24)13-15/h3-5,16,18,21,25-26H,1,6-14H2,2H3/t16?,18-,21+,22+,23-/m1/s1. The topological polar surface area (TPSA) is 80.6 Å². The van der Waals surface area contributed by atoms with Crippen molar-refractivity contribution in [3.05, 3.63) is 35.9 Å². The summed E-state index contributed by atoms with van der Waals surface area (Å²) in [7, 11) is 1.63. The van der Waals surface area contributed by atoms with Crippen molar-refractivity contribution >= 4 is 0 Å². The third-order valence-electron chi connectivity index (χ3n) is 7.62. The maximum Gasteiger partial charge on any atom is 0.189 e. The Kier molecular flexibility index (Phi) is 5.07. The van der Waals surface area contributed by atoms with E-state index < -0.39 is 23.2 Å². The molecule has 7 nitrogen and oxygen atoms in total. The molecule has 7 heteroatoms. The monoisotopic (exact) mass is 417 g/mol. The van der Waals surface area contributed by atoms with E-state index in [-0.39, 0.29) is 12.8 Å². The lowest BCUT2D eigenvalue weighted by Crippen LogP contribution is -2.77. The van der Waals surface area contributed by atoms with Crippen molar-refractivity contribution in [1.82, 2.24) is 4.90 Å². The molecule has 1 saturated carbocycles. The van der Waals surface area contributed by atoms with Crippen LogP contribution in [0.4, 0.5) is 0 Å². The predicted octanol–water partition coefficient (Wildman–Crippen LogP) is 1.39. The summed E-state index contributed by atoms with van der Waals surface area (Å²) in [6.45, 7) is 6.54. The zero-order valence-electron chi connectivity index (χ0n) is 17.5. The highest BCUT2D eigenvalue weighted by atomic mass is 16.7. The molecule has 5 rings (SSSR count). The average Bonchev–Trinajstić information content (AvgIpc) is 3.09. The molecule has 1 saturated heterocycles. The van der Waals surface area contributed by atoms with Gasteiger partial charge in [-0.25, -0.2) is 0 Å². The first kappa shape index (κ1) is 20.3. The smallest absolute Gasteiger partial charge is 0.189 e. The van der Waals surface area contributed by atoms with Gasteiger partial charge in [-0.15, -0.1) is 6.58 Å². The summed E-state index contributed by atoms with van der Waals surface area (Å²) >= 11 is 0. The minimum absolute atomic E-state index is 0.00885. The number of aliphatic hydroxyl groups excluding tert-OH is 1. The van der Waals surface area contributed by atoms with Crippen molar-refractivity contribution in [3.8, 4) is 11.5 Å². The molecule has 2 heterocycles. The molecular weight excluding hydrogens is 386 g/mol. The van der Waals surface area contributed by atoms with Gasteiger partial charge >= 0.3 is 0 Å². The number of methoxy groups -OCH3 is 1. The van der Waals surface area contributed by atoms with Gasteiger partial charge in [0.05, 0.1) is 30.3 Å². The first-order valence-corrected chi connectivity index (χ1v) is 10.8. The second-order valence-electron chi connectivity index (χ2n) is 8.88. The molecule has 0 radical (unpaired) electrons. The number of nitrogens with zero attached hydrogens (tertiary/aromatic N) is 1. The second-order valence-corrected chi connectivity index (χ2v) is 8.88. The molecule has 0 aromatic heterocycles. The van der Waals surface area contributed by atoms with Crippen LogP contribution in [-0.2, 0) is 21.3 Å². The molecule has 2 N–H and O–H groups in total. The Labute approximate surface area is 177 Å². The summed E-state index contributed by atoms with van der Waals surface area (Å²) in [5.74, 6) is 1.28. The zero-order valence-corrected chi connectivity index (χ0v) is 17.5. The van der Waals surface area contributed by atoms with Crippen LogP contribution in [0.5, 0.6) is 11.5 Å². The number of rotatable bonds is 8. The number of aliphatic hydroxyl groups is 2. The van der Waals surface area contributed by atoms with E-state index >= 15 is 0 Å². The Hall–Kier alpha value is -1.64. The molecule has 4 aliphatic rings. The van der Waals surface area contributed by atoms with Gasteiger partial charge in [-0.3, -0.25) is 4.90 Å². The van der Waals surface area contributed by atoms with Crippen molar-refractivity contribution < 1.29 is 29.2 Å². The first-order chi connectivity index (χ1) is 14.6. The molecule has 1 aromatic carbocycles. The van der Waals surface area contributed by atoms with E-state index in [2.05, 4.69) is 17.5 Å². The number of piperidine rings is 1. The van der Waals surface area contributed by atoms with Crippen molar-refractivity contribution in [2.45, 2.75) is 54.9 Å². The zero-order chi connectivity index (χ0) is 20.9. The molecule has 30 heavy (non-hydrogen) atoms. The maximum atomic E-state index is 12.1. The van der Waals surface area contributed by atoms with E-state index in [4.69, 9.17) is 18.9 Å². The molecule has 164 valence electrons. The number of likely N-dealkylation sites (tertiary alicyclic amines) is 1. The second kappa shape index (κ2) is 7.50. The summed E-state index contributed by atoms with van der Waals surface area (Å²) in [6.07, 6.45) is 3.42. The number of hydrogen-bond acceptors (Lipinski definition) is 7. The molecule has 2 fully saturated rings. The molecule has 2 bridgehead atoms. The van der Waals surface area contributed by atoms with Gasteiger partial charge < -0.3 is 29.2 Å². The van der Waals surface area contributed by atoms with Crippen LogP contribution >= 0.6 is 0 Å². The minimum Gasteiger partial charge on any atom is -0.482 e. The Morgan fingerprint density at radius 2 is 2.20 bits per heavy atom. The van der Waals surface area contributed by atoms with E-state index in [1.807, 2.05) is 12.1 Å². The average molecular weight is 418 g/mol. The van der Waals surface area contributed by atoms with Gasteiger partial charge in [-0.1, -0.05) is 12.1 Å². The van der Waals surface area contributed by atoms with Gasteiger partial charge in [0, 0.05) is 25.3 Å². The summed E-state index contributed by atoms with van der Waals surface area (Å²) < 4.78 is 22.8. The van der Waals surface area contributed by atoms with Crippen LogP contribution in [0.1, 0.15) is 30.4 Å². The van der Waals surface area contributed by atoms with E-state index in [0.717, 1.165) is 31.5 Å². The number of hydrogen-bond donors (Lipinski definition) is 2. The fraction of sp³-hybridized carbons (Fsp3) is 0.652. The summed E-state index contributed by atoms with van der Waals surface area (Å²) in [4.78, 5) is 2.34. The van der Waals surface area contributed by atoms with Gasteiger partial charge in [-0.05, 0) is 43.9 Å². The predicted molar refractivity (Wildman–Crippen MR) is 110 cm³/mol. The van der Waals surface area contributed by atoms with Crippen molar-refractivity contribution in [2.24, 2.45) is 0 Å². The number of benzene rings is 1. The van der Waals surface area contributed by atoms with Crippen LogP contribution in [0.2, 0.25) is 0 Å². The van der Waals surface area contributed by atoms with Gasteiger partial charge in [0.15, 0.2) is 18.3 Å². The summed E-state index contributed by atoms with van der Waals surface area (Å²) in [5, 5.41) is 23.0. The highest BCUT2D eigenvalue weighted by Gasteiger charge is 2.72. The van der Waals surface area contributed by atoms with Crippen molar-refractivity contribution in [2.75, 3.05) is 40.2 Å². The Morgan fingerprint density at radius 3 is 3.00 bits per heavy atom. The molecule has 1 unspecified atom stereocenters. The summed E-state index contributed by atoms with van der Waals surface area (Å²) in [6, 6.07) is 4.00. The van der Waals surface area contributed by atoms with E-state index in [1.54, 1.807) is 7.11 Å². The van der Waals surface area contributed by atoms with Crippen LogP contribution in [0.15, 0.2) is 24.8 Å². The molecule has 0 amide bonds. The molecule has 2 aliphatic heterocycles. The first-order valence-electron chi connectivity index (χ1n) is 10.8. The largest absolute Gasteiger partial charge is 0.482 e. The fourth-order valence-electron chi connectivity index (χ4n) is 6.40. The van der Waals surface area contributed by atoms with Gasteiger partial charge in [0.2, 0.25) is 0 Å². The Morgan fingerprint density at radius 1 is 1.33 bits per heavy atom. The van der Waals surface area contributed by atoms with Gasteiger partial charge in [0.1, 0.15) is 6.10 Å². The summed E-state index contributed by atoms with van der Waals surface area (Å²) in [5.41, 5.74) is 0.672. The molecule has 1 aromatic rings. The highest BCUT2D eigenvalue weighted by Crippen LogP contribution is 2.65. The van der Waals surface area contributed by atoms with Gasteiger partial charge in [-0.2, -0.15) is 0 Å². The Balaban J connectivity index is 1.54. The van der Waals surface area contributed by atoms with E-state index in [0.29, 0.717) is 37.6 Å². The van der Waals surface area contributed by atoms with Crippen molar-refractivity contribution in [3.63, 3.8) is 0 Å². The molecule has 1 spiro atoms. The van der Waals surface area contributed by atoms with Crippen molar-refractivity contribution in [1.29, 1.82) is 0 Å². The third kappa shape index (κ3) is 2.63. The lowest BCUT2D eigenvalue weighted by atomic mass is 9.48. The van der Waals surface area contributed by atoms with Crippen LogP contribution in [0.25, 0.3) is 0 Å². The molecule has 2 aliphatic carbocycles. The van der Waals surface area contributed by atoms with Gasteiger partial charge in [0.25, 0.3) is 0 Å². The maximum absolute atomic E-state index is 12.1. The van der Waals surface area contributed by atoms with Crippen LogP contribution in [0, 0.1) is 0 Å². The number of ether oxygens (including phenoxy) is 4. The molecule has 5 atom stereocenters. The van der Waals surface area contributed by atoms with E-state index in [9.17, 15) is 10.2 Å². The quantitative estimate of drug-likeness (QED) is 0.376. The highest BCUT2D eigenvalue weighted by molar-refractivity contribution is 5.63. The fourth-order valence-corrected chi connectivity index (χ4v) is 6.40. The third-order valence-corrected chi connectivity index (χ3v) is 7.62. The Bertz CT molecular complexity index is 830. The lowest BCUT2D eigenvalue weighted by molar-refractivity contribution is -0.206.